The summed E-state index contributed by atoms with van der Waals surface area (Å²) in [5, 5.41) is 12.1. The molecule has 7 rings (SSSR count). The third kappa shape index (κ3) is 9.26. The second-order valence-corrected chi connectivity index (χ2v) is 14.4. The Balaban J connectivity index is 1.04. The smallest absolute Gasteiger partial charge is 0.408 e. The Labute approximate surface area is 324 Å². The molecule has 5 aromatic carbocycles. The number of carbonyl (C=O) groups is 3. The number of methoxy groups -OCH3 is 1. The predicted molar refractivity (Wildman–Crippen MR) is 208 cm³/mol. The minimum absolute atomic E-state index is 0.0282. The van der Waals surface area contributed by atoms with Crippen molar-refractivity contribution in [3.63, 3.8) is 0 Å². The third-order valence-corrected chi connectivity index (χ3v) is 10.9. The Morgan fingerprint density at radius 3 is 2.31 bits per heavy atom. The first kappa shape index (κ1) is 37.8. The molecule has 1 unspecified atom stereocenters. The van der Waals surface area contributed by atoms with Crippen molar-refractivity contribution < 1.29 is 38.4 Å². The van der Waals surface area contributed by atoms with Crippen LogP contribution in [0.2, 0.25) is 0 Å². The molecular formula is C44H42N2O8S. The number of hydrogen-bond acceptors (Lipinski definition) is 9. The molecule has 10 nitrogen and oxygen atoms in total. The zero-order valence-corrected chi connectivity index (χ0v) is 31.2. The maximum absolute atomic E-state index is 13.3. The van der Waals surface area contributed by atoms with Crippen molar-refractivity contribution in [2.75, 3.05) is 12.9 Å². The number of aliphatic hydroxyl groups is 1. The van der Waals surface area contributed by atoms with Crippen molar-refractivity contribution in [1.82, 2.24) is 10.2 Å². The lowest BCUT2D eigenvalue weighted by Gasteiger charge is -2.36. The number of alkyl carbamates (subject to hydrolysis) is 1. The highest BCUT2D eigenvalue weighted by Crippen LogP contribution is 2.41. The van der Waals surface area contributed by atoms with E-state index in [9.17, 15) is 19.5 Å². The molecule has 2 N–H and O–H groups in total. The summed E-state index contributed by atoms with van der Waals surface area (Å²) in [6.45, 7) is 0.0866. The highest BCUT2D eigenvalue weighted by Gasteiger charge is 2.40. The average molecular weight is 759 g/mol. The lowest BCUT2D eigenvalue weighted by atomic mass is 9.97. The van der Waals surface area contributed by atoms with E-state index in [-0.39, 0.29) is 44.3 Å². The molecule has 0 radical (unpaired) electrons. The van der Waals surface area contributed by atoms with Crippen molar-refractivity contribution in [1.29, 1.82) is 0 Å². The number of ether oxygens (including phenoxy) is 4. The van der Waals surface area contributed by atoms with Crippen molar-refractivity contribution >= 4 is 29.7 Å². The lowest BCUT2D eigenvalue weighted by Crippen LogP contribution is -2.41. The number of carbonyl (C=O) groups excluding carboxylic acids is 3. The van der Waals surface area contributed by atoms with Gasteiger partial charge in [-0.25, -0.2) is 4.79 Å². The van der Waals surface area contributed by atoms with Crippen molar-refractivity contribution in [3.8, 4) is 16.9 Å². The van der Waals surface area contributed by atoms with E-state index < -0.39 is 24.3 Å². The van der Waals surface area contributed by atoms with Crippen LogP contribution in [-0.2, 0) is 43.6 Å². The number of para-hydroxylation sites is 1. The van der Waals surface area contributed by atoms with Crippen LogP contribution in [0, 0.1) is 0 Å². The Bertz CT molecular complexity index is 2090. The van der Waals surface area contributed by atoms with Crippen LogP contribution in [0.4, 0.5) is 4.79 Å². The number of thioether (sulfide) groups is 1. The molecule has 0 aromatic heterocycles. The summed E-state index contributed by atoms with van der Waals surface area (Å²) in [4.78, 5) is 41.1. The monoisotopic (exact) mass is 758 g/mol. The van der Waals surface area contributed by atoms with Gasteiger partial charge >= 0.3 is 6.09 Å². The first-order valence-electron chi connectivity index (χ1n) is 18.1. The number of hydrogen-bond donors (Lipinski definition) is 2. The summed E-state index contributed by atoms with van der Waals surface area (Å²) < 4.78 is 24.0. The van der Waals surface area contributed by atoms with Gasteiger partial charge in [-0.2, -0.15) is 0 Å². The Morgan fingerprint density at radius 1 is 0.836 bits per heavy atom. The van der Waals surface area contributed by atoms with E-state index >= 15 is 0 Å². The molecule has 282 valence electrons. The zero-order valence-electron chi connectivity index (χ0n) is 30.3. The van der Waals surface area contributed by atoms with Gasteiger partial charge in [0.2, 0.25) is 5.91 Å². The van der Waals surface area contributed by atoms with Gasteiger partial charge in [-0.15, -0.1) is 11.8 Å². The Morgan fingerprint density at radius 2 is 1.55 bits per heavy atom. The van der Waals surface area contributed by atoms with E-state index in [4.69, 9.17) is 18.9 Å². The number of imide groups is 1. The van der Waals surface area contributed by atoms with Gasteiger partial charge in [0.25, 0.3) is 5.91 Å². The van der Waals surface area contributed by atoms with Gasteiger partial charge in [0.1, 0.15) is 18.4 Å². The second kappa shape index (κ2) is 17.8. The van der Waals surface area contributed by atoms with Gasteiger partial charge in [0, 0.05) is 22.6 Å². The molecule has 2 heterocycles. The predicted octanol–water partition coefficient (Wildman–Crippen LogP) is 7.75. The van der Waals surface area contributed by atoms with Crippen LogP contribution in [0.3, 0.4) is 0 Å². The molecule has 2 saturated heterocycles. The second-order valence-electron chi connectivity index (χ2n) is 13.4. The van der Waals surface area contributed by atoms with E-state index in [1.807, 2.05) is 127 Å². The summed E-state index contributed by atoms with van der Waals surface area (Å²) in [5.41, 5.74) is 6.06. The lowest BCUT2D eigenvalue weighted by molar-refractivity contribution is -0.245. The SMILES string of the molecule is COc1ccccc1SC[C@H]1C[C@@H](c2ccc(CO)cc2)O[C@@H](c2ccc(-c3ccccc3CN3C(=O)CC(NC(=O)OCc4ccccc4)C3=O)cc2)O1. The van der Waals surface area contributed by atoms with Crippen LogP contribution in [0.5, 0.6) is 5.75 Å². The van der Waals surface area contributed by atoms with Crippen LogP contribution in [0.15, 0.2) is 132 Å². The van der Waals surface area contributed by atoms with Gasteiger partial charge in [-0.3, -0.25) is 14.5 Å². The maximum atomic E-state index is 13.3. The largest absolute Gasteiger partial charge is 0.496 e. The molecule has 55 heavy (non-hydrogen) atoms. The van der Waals surface area contributed by atoms with E-state index in [1.54, 1.807) is 18.9 Å². The Kier molecular flexibility index (Phi) is 12.2. The fourth-order valence-corrected chi connectivity index (χ4v) is 7.79. The van der Waals surface area contributed by atoms with Gasteiger partial charge in [0.05, 0.1) is 38.9 Å². The van der Waals surface area contributed by atoms with E-state index in [0.717, 1.165) is 49.6 Å². The van der Waals surface area contributed by atoms with E-state index in [1.165, 1.54) is 4.90 Å². The van der Waals surface area contributed by atoms with Crippen molar-refractivity contribution in [2.45, 2.75) is 62.0 Å². The highest BCUT2D eigenvalue weighted by atomic mass is 32.2. The van der Waals surface area contributed by atoms with Gasteiger partial charge in [-0.1, -0.05) is 115 Å². The molecule has 3 amide bonds. The minimum Gasteiger partial charge on any atom is -0.496 e. The van der Waals surface area contributed by atoms with Gasteiger partial charge in [-0.05, 0) is 45.5 Å². The van der Waals surface area contributed by atoms with Crippen LogP contribution < -0.4 is 10.1 Å². The first-order valence-corrected chi connectivity index (χ1v) is 19.1. The molecular weight excluding hydrogens is 717 g/mol. The van der Waals surface area contributed by atoms with Crippen molar-refractivity contribution in [2.24, 2.45) is 0 Å². The summed E-state index contributed by atoms with van der Waals surface area (Å²) in [5.74, 6) is 0.666. The number of aliphatic hydroxyl groups excluding tert-OH is 1. The van der Waals surface area contributed by atoms with Crippen LogP contribution in [-0.4, -0.2) is 52.9 Å². The molecule has 0 bridgehead atoms. The molecule has 2 aliphatic heterocycles. The molecule has 0 saturated carbocycles. The number of likely N-dealkylation sites (tertiary alicyclic amines) is 1. The number of benzene rings is 5. The summed E-state index contributed by atoms with van der Waals surface area (Å²) >= 11 is 1.68. The highest BCUT2D eigenvalue weighted by molar-refractivity contribution is 7.99. The van der Waals surface area contributed by atoms with Crippen LogP contribution in [0.25, 0.3) is 11.1 Å². The van der Waals surface area contributed by atoms with Crippen LogP contribution in [0.1, 0.15) is 53.1 Å². The quantitative estimate of drug-likeness (QED) is 0.0917. The number of nitrogens with one attached hydrogen (secondary N) is 1. The molecule has 0 spiro atoms. The van der Waals surface area contributed by atoms with Crippen molar-refractivity contribution in [3.05, 3.63) is 155 Å². The topological polar surface area (TPSA) is 124 Å². The zero-order chi connectivity index (χ0) is 38.1. The Hall–Kier alpha value is -5.46. The summed E-state index contributed by atoms with van der Waals surface area (Å²) in [6, 6.07) is 39.5. The molecule has 2 fully saturated rings. The van der Waals surface area contributed by atoms with Crippen LogP contribution >= 0.6 is 11.8 Å². The average Bonchev–Trinajstić information content (AvgIpc) is 3.49. The molecule has 11 heteroatoms. The standard InChI is InChI=1S/C44H42N2O8S/c1-51-38-13-7-8-14-40(38)55-28-35-23-39(32-17-15-29(26-47)16-18-32)54-43(53-35)33-21-19-31(20-22-33)36-12-6-5-11-34(36)25-46-41(48)24-37(42(46)49)45-44(50)52-27-30-9-3-2-4-10-30/h2-22,35,37,39,43,47H,23-28H2,1H3,(H,45,50)/t35-,37?,39+,43+/m1/s1. The van der Waals surface area contributed by atoms with E-state index in [2.05, 4.69) is 5.32 Å². The molecule has 2 aliphatic rings. The fraction of sp³-hybridized carbons (Fsp3) is 0.250. The number of nitrogens with zero attached hydrogens (tertiary/aromatic N) is 1. The summed E-state index contributed by atoms with van der Waals surface area (Å²) in [6.07, 6.45) is -1.22. The first-order chi connectivity index (χ1) is 26.9. The third-order valence-electron chi connectivity index (χ3n) is 9.70. The maximum Gasteiger partial charge on any atom is 0.408 e. The molecule has 4 atom stereocenters. The fourth-order valence-electron chi connectivity index (χ4n) is 6.74. The van der Waals surface area contributed by atoms with E-state index in [0.29, 0.717) is 12.2 Å². The minimum atomic E-state index is -0.994. The molecule has 5 aromatic rings. The van der Waals surface area contributed by atoms with Gasteiger partial charge < -0.3 is 29.4 Å². The summed E-state index contributed by atoms with van der Waals surface area (Å²) in [7, 11) is 1.67. The number of rotatable bonds is 13. The number of amides is 3. The normalized spacial score (nSPS) is 19.6. The van der Waals surface area contributed by atoms with Gasteiger partial charge in [0.15, 0.2) is 6.29 Å². The molecule has 0 aliphatic carbocycles.